The molecule has 5 heteroatoms. The lowest BCUT2D eigenvalue weighted by atomic mass is 9.92. The molecule has 0 radical (unpaired) electrons. The topological polar surface area (TPSA) is 75.6 Å². The average Bonchev–Trinajstić information content (AvgIpc) is 2.61. The van der Waals surface area contributed by atoms with Crippen molar-refractivity contribution >= 4 is 28.2 Å². The van der Waals surface area contributed by atoms with Crippen LogP contribution in [0.5, 0.6) is 11.5 Å². The van der Waals surface area contributed by atoms with Gasteiger partial charge in [0, 0.05) is 22.0 Å². The lowest BCUT2D eigenvalue weighted by Gasteiger charge is -2.31. The number of Topliss-reactive ketones (excluding diaryl/α,β-unsaturated/α-hetero) is 1. The molecule has 4 rings (SSSR count). The predicted octanol–water partition coefficient (Wildman–Crippen LogP) is 4.54. The molecule has 136 valence electrons. The summed E-state index contributed by atoms with van der Waals surface area (Å²) in [5.74, 6) is 0.294. The van der Waals surface area contributed by atoms with Crippen LogP contribution in [-0.2, 0) is 0 Å². The van der Waals surface area contributed by atoms with Crippen molar-refractivity contribution in [1.29, 1.82) is 0 Å². The van der Waals surface area contributed by atoms with Crippen LogP contribution in [0.25, 0.3) is 10.8 Å². The van der Waals surface area contributed by atoms with E-state index in [1.807, 2.05) is 19.9 Å². The van der Waals surface area contributed by atoms with Gasteiger partial charge in [0.05, 0.1) is 12.0 Å². The lowest BCUT2D eigenvalue weighted by Crippen LogP contribution is -2.36. The van der Waals surface area contributed by atoms with Gasteiger partial charge in [0.15, 0.2) is 5.78 Å². The number of anilines is 1. The zero-order valence-corrected chi connectivity index (χ0v) is 15.1. The van der Waals surface area contributed by atoms with E-state index in [1.165, 1.54) is 0 Å². The molecular weight excluding hydrogens is 342 g/mol. The first-order valence-electron chi connectivity index (χ1n) is 8.72. The average molecular weight is 361 g/mol. The first kappa shape index (κ1) is 17.1. The summed E-state index contributed by atoms with van der Waals surface area (Å²) in [5.41, 5.74) is 0.855. The molecule has 0 fully saturated rings. The number of ether oxygens (including phenoxy) is 1. The molecule has 2 N–H and O–H groups in total. The van der Waals surface area contributed by atoms with Crippen molar-refractivity contribution in [2.24, 2.45) is 0 Å². The number of carbonyl (C=O) groups is 2. The fourth-order valence-electron chi connectivity index (χ4n) is 3.39. The van der Waals surface area contributed by atoms with Crippen LogP contribution in [0.3, 0.4) is 0 Å². The summed E-state index contributed by atoms with van der Waals surface area (Å²) < 4.78 is 5.83. The smallest absolute Gasteiger partial charge is 0.255 e. The SMILES string of the molecule is CC1(C)CC(=O)c2cc(C(=O)Nc3cccc4c(O)cccc34)ccc2O1. The number of carbonyl (C=O) groups excluding carboxylic acids is 2. The van der Waals surface area contributed by atoms with Crippen molar-refractivity contribution in [3.8, 4) is 11.5 Å². The molecule has 0 atom stereocenters. The largest absolute Gasteiger partial charge is 0.507 e. The molecule has 1 aliphatic heterocycles. The summed E-state index contributed by atoms with van der Waals surface area (Å²) in [6.45, 7) is 3.73. The van der Waals surface area contributed by atoms with E-state index in [4.69, 9.17) is 4.74 Å². The predicted molar refractivity (Wildman–Crippen MR) is 104 cm³/mol. The van der Waals surface area contributed by atoms with Crippen LogP contribution in [0.15, 0.2) is 54.6 Å². The van der Waals surface area contributed by atoms with Crippen LogP contribution < -0.4 is 10.1 Å². The van der Waals surface area contributed by atoms with Gasteiger partial charge < -0.3 is 15.2 Å². The molecule has 0 unspecified atom stereocenters. The van der Waals surface area contributed by atoms with E-state index in [-0.39, 0.29) is 23.9 Å². The molecule has 3 aromatic carbocycles. The quantitative estimate of drug-likeness (QED) is 0.702. The van der Waals surface area contributed by atoms with Gasteiger partial charge in [-0.2, -0.15) is 0 Å². The van der Waals surface area contributed by atoms with Gasteiger partial charge >= 0.3 is 0 Å². The van der Waals surface area contributed by atoms with E-state index in [2.05, 4.69) is 5.32 Å². The molecule has 0 bridgehead atoms. The molecule has 5 nitrogen and oxygen atoms in total. The van der Waals surface area contributed by atoms with Gasteiger partial charge in [-0.25, -0.2) is 0 Å². The molecule has 27 heavy (non-hydrogen) atoms. The summed E-state index contributed by atoms with van der Waals surface area (Å²) in [5, 5.41) is 14.3. The fraction of sp³-hybridized carbons (Fsp3) is 0.182. The zero-order valence-electron chi connectivity index (χ0n) is 15.1. The van der Waals surface area contributed by atoms with Crippen molar-refractivity contribution in [3.05, 3.63) is 65.7 Å². The molecule has 0 saturated heterocycles. The van der Waals surface area contributed by atoms with Crippen LogP contribution >= 0.6 is 0 Å². The molecule has 0 spiro atoms. The second-order valence-electron chi connectivity index (χ2n) is 7.30. The summed E-state index contributed by atoms with van der Waals surface area (Å²) in [7, 11) is 0. The van der Waals surface area contributed by atoms with E-state index in [0.717, 1.165) is 5.39 Å². The number of phenols is 1. The molecule has 0 saturated carbocycles. The number of fused-ring (bicyclic) bond motifs is 2. The Hall–Kier alpha value is -3.34. The second kappa shape index (κ2) is 6.13. The number of hydrogen-bond donors (Lipinski definition) is 2. The minimum absolute atomic E-state index is 0.0361. The fourth-order valence-corrected chi connectivity index (χ4v) is 3.39. The first-order valence-corrected chi connectivity index (χ1v) is 8.72. The Balaban J connectivity index is 1.66. The van der Waals surface area contributed by atoms with Gasteiger partial charge in [-0.1, -0.05) is 24.3 Å². The highest BCUT2D eigenvalue weighted by molar-refractivity contribution is 6.11. The molecule has 3 aromatic rings. The van der Waals surface area contributed by atoms with Crippen molar-refractivity contribution < 1.29 is 19.4 Å². The lowest BCUT2D eigenvalue weighted by molar-refractivity contribution is 0.0620. The summed E-state index contributed by atoms with van der Waals surface area (Å²) >= 11 is 0. The van der Waals surface area contributed by atoms with Gasteiger partial charge in [-0.3, -0.25) is 9.59 Å². The number of hydrogen-bond acceptors (Lipinski definition) is 4. The van der Waals surface area contributed by atoms with Gasteiger partial charge in [-0.15, -0.1) is 0 Å². The zero-order chi connectivity index (χ0) is 19.2. The van der Waals surface area contributed by atoms with Gasteiger partial charge in [0.1, 0.15) is 17.1 Å². The molecule has 0 aromatic heterocycles. The number of rotatable bonds is 2. The minimum atomic E-state index is -0.543. The monoisotopic (exact) mass is 361 g/mol. The maximum absolute atomic E-state index is 12.7. The molecule has 1 heterocycles. The van der Waals surface area contributed by atoms with E-state index in [1.54, 1.807) is 48.5 Å². The highest BCUT2D eigenvalue weighted by Gasteiger charge is 2.32. The van der Waals surface area contributed by atoms with Crippen molar-refractivity contribution in [3.63, 3.8) is 0 Å². The molecule has 1 amide bonds. The summed E-state index contributed by atoms with van der Waals surface area (Å²) in [4.78, 5) is 25.1. The number of aromatic hydroxyl groups is 1. The third-order valence-corrected chi connectivity index (χ3v) is 4.66. The standard InChI is InChI=1S/C22H19NO4/c1-22(2)12-19(25)16-11-13(9-10-20(16)27-22)21(26)23-17-7-3-6-15-14(17)5-4-8-18(15)24/h3-11,24H,12H2,1-2H3,(H,23,26). The molecule has 0 aliphatic carbocycles. The Morgan fingerprint density at radius 1 is 1.07 bits per heavy atom. The third kappa shape index (κ3) is 3.12. The van der Waals surface area contributed by atoms with Crippen molar-refractivity contribution in [2.45, 2.75) is 25.9 Å². The van der Waals surface area contributed by atoms with Crippen LogP contribution in [0.2, 0.25) is 0 Å². The van der Waals surface area contributed by atoms with E-state index >= 15 is 0 Å². The Labute approximate surface area is 156 Å². The molecule has 1 aliphatic rings. The van der Waals surface area contributed by atoms with Gasteiger partial charge in [0.2, 0.25) is 0 Å². The summed E-state index contributed by atoms with van der Waals surface area (Å²) in [6, 6.07) is 15.4. The minimum Gasteiger partial charge on any atom is -0.507 e. The third-order valence-electron chi connectivity index (χ3n) is 4.66. The Morgan fingerprint density at radius 3 is 2.63 bits per heavy atom. The maximum Gasteiger partial charge on any atom is 0.255 e. The number of ketones is 1. The van der Waals surface area contributed by atoms with E-state index in [9.17, 15) is 14.7 Å². The first-order chi connectivity index (χ1) is 12.8. The van der Waals surface area contributed by atoms with Crippen molar-refractivity contribution in [1.82, 2.24) is 0 Å². The van der Waals surface area contributed by atoms with E-state index < -0.39 is 5.60 Å². The highest BCUT2D eigenvalue weighted by atomic mass is 16.5. The number of phenolic OH excluding ortho intramolecular Hbond substituents is 1. The normalized spacial score (nSPS) is 15.1. The van der Waals surface area contributed by atoms with Crippen molar-refractivity contribution in [2.75, 3.05) is 5.32 Å². The Bertz CT molecular complexity index is 1080. The summed E-state index contributed by atoms with van der Waals surface area (Å²) in [6.07, 6.45) is 0.272. The second-order valence-corrected chi connectivity index (χ2v) is 7.30. The van der Waals surface area contributed by atoms with Crippen LogP contribution in [0.1, 0.15) is 41.0 Å². The van der Waals surface area contributed by atoms with Gasteiger partial charge in [-0.05, 0) is 44.2 Å². The Kier molecular flexibility index (Phi) is 3.88. The Morgan fingerprint density at radius 2 is 1.81 bits per heavy atom. The molecular formula is C22H19NO4. The van der Waals surface area contributed by atoms with Crippen LogP contribution in [-0.4, -0.2) is 22.4 Å². The van der Waals surface area contributed by atoms with Gasteiger partial charge in [0.25, 0.3) is 5.91 Å². The van der Waals surface area contributed by atoms with E-state index in [0.29, 0.717) is 28.0 Å². The maximum atomic E-state index is 12.7. The van der Waals surface area contributed by atoms with Crippen LogP contribution in [0, 0.1) is 0 Å². The highest BCUT2D eigenvalue weighted by Crippen LogP contribution is 2.34. The number of amides is 1. The number of nitrogens with one attached hydrogen (secondary N) is 1. The van der Waals surface area contributed by atoms with Crippen LogP contribution in [0.4, 0.5) is 5.69 Å². The number of benzene rings is 3.